The Kier molecular flexibility index (Phi) is 5.26. The van der Waals surface area contributed by atoms with Crippen LogP contribution in [0.3, 0.4) is 0 Å². The van der Waals surface area contributed by atoms with Gasteiger partial charge in [-0.15, -0.1) is 0 Å². The predicted octanol–water partition coefficient (Wildman–Crippen LogP) is 4.17. The molecule has 0 N–H and O–H groups in total. The second-order valence-corrected chi connectivity index (χ2v) is 7.32. The molecule has 4 rings (SSSR count). The number of carbonyl (C=O) groups excluding carboxylic acids is 1. The Balaban J connectivity index is 1.30. The van der Waals surface area contributed by atoms with Crippen molar-refractivity contribution in [3.63, 3.8) is 0 Å². The van der Waals surface area contributed by atoms with E-state index in [0.29, 0.717) is 11.4 Å². The SMILES string of the molecule is O=C(CCc1ccc2ccccc2c1)N1CCN(c2ccc(Cl)cn2)CC1. The van der Waals surface area contributed by atoms with Crippen molar-refractivity contribution in [3.05, 3.63) is 71.4 Å². The maximum Gasteiger partial charge on any atom is 0.223 e. The molecule has 138 valence electrons. The van der Waals surface area contributed by atoms with E-state index >= 15 is 0 Å². The van der Waals surface area contributed by atoms with Gasteiger partial charge in [-0.1, -0.05) is 54.1 Å². The van der Waals surface area contributed by atoms with E-state index < -0.39 is 0 Å². The minimum atomic E-state index is 0.229. The molecule has 3 aromatic rings. The van der Waals surface area contributed by atoms with E-state index in [1.807, 2.05) is 29.2 Å². The number of pyridine rings is 1. The summed E-state index contributed by atoms with van der Waals surface area (Å²) in [7, 11) is 0. The molecular formula is C22H22ClN3O. The molecule has 1 aromatic heterocycles. The number of hydrogen-bond acceptors (Lipinski definition) is 3. The molecule has 0 unspecified atom stereocenters. The summed E-state index contributed by atoms with van der Waals surface area (Å²) in [5.41, 5.74) is 1.21. The van der Waals surface area contributed by atoms with Crippen molar-refractivity contribution < 1.29 is 4.79 Å². The number of fused-ring (bicyclic) bond motifs is 1. The predicted molar refractivity (Wildman–Crippen MR) is 110 cm³/mol. The quantitative estimate of drug-likeness (QED) is 0.682. The summed E-state index contributed by atoms with van der Waals surface area (Å²) in [6.07, 6.45) is 3.00. The van der Waals surface area contributed by atoms with Gasteiger partial charge in [0.25, 0.3) is 0 Å². The zero-order valence-corrected chi connectivity index (χ0v) is 15.9. The lowest BCUT2D eigenvalue weighted by molar-refractivity contribution is -0.131. The number of aryl methyl sites for hydroxylation is 1. The van der Waals surface area contributed by atoms with Gasteiger partial charge in [-0.05, 0) is 34.9 Å². The van der Waals surface area contributed by atoms with Crippen LogP contribution in [0.25, 0.3) is 10.8 Å². The number of aromatic nitrogens is 1. The molecule has 1 aliphatic rings. The Hall–Kier alpha value is -2.59. The molecule has 0 bridgehead atoms. The molecule has 0 saturated carbocycles. The van der Waals surface area contributed by atoms with E-state index in [4.69, 9.17) is 11.6 Å². The highest BCUT2D eigenvalue weighted by Gasteiger charge is 2.21. The third-order valence-electron chi connectivity index (χ3n) is 5.11. The largest absolute Gasteiger partial charge is 0.353 e. The molecule has 27 heavy (non-hydrogen) atoms. The molecule has 1 fully saturated rings. The molecule has 1 aliphatic heterocycles. The summed E-state index contributed by atoms with van der Waals surface area (Å²) < 4.78 is 0. The smallest absolute Gasteiger partial charge is 0.223 e. The fourth-order valence-electron chi connectivity index (χ4n) is 3.54. The van der Waals surface area contributed by atoms with Crippen LogP contribution in [0.4, 0.5) is 5.82 Å². The van der Waals surface area contributed by atoms with Gasteiger partial charge in [0.1, 0.15) is 5.82 Å². The lowest BCUT2D eigenvalue weighted by atomic mass is 10.0. The van der Waals surface area contributed by atoms with Gasteiger partial charge in [0.05, 0.1) is 5.02 Å². The number of amides is 1. The van der Waals surface area contributed by atoms with Crippen LogP contribution in [-0.4, -0.2) is 42.0 Å². The molecule has 0 radical (unpaired) electrons. The first kappa shape index (κ1) is 17.8. The molecular weight excluding hydrogens is 358 g/mol. The molecule has 2 aromatic carbocycles. The summed E-state index contributed by atoms with van der Waals surface area (Å²) in [4.78, 5) is 21.1. The van der Waals surface area contributed by atoms with Crippen molar-refractivity contribution in [3.8, 4) is 0 Å². The minimum absolute atomic E-state index is 0.229. The van der Waals surface area contributed by atoms with Gasteiger partial charge in [0, 0.05) is 38.8 Å². The second-order valence-electron chi connectivity index (χ2n) is 6.88. The normalized spacial score (nSPS) is 14.6. The Morgan fingerprint density at radius 2 is 1.74 bits per heavy atom. The van der Waals surface area contributed by atoms with Gasteiger partial charge in [-0.3, -0.25) is 4.79 Å². The van der Waals surface area contributed by atoms with Gasteiger partial charge in [0.15, 0.2) is 0 Å². The third kappa shape index (κ3) is 4.22. The first-order valence-corrected chi connectivity index (χ1v) is 9.69. The zero-order chi connectivity index (χ0) is 18.6. The highest BCUT2D eigenvalue weighted by atomic mass is 35.5. The average molecular weight is 380 g/mol. The monoisotopic (exact) mass is 379 g/mol. The number of rotatable bonds is 4. The lowest BCUT2D eigenvalue weighted by Crippen LogP contribution is -2.49. The van der Waals surface area contributed by atoms with Gasteiger partial charge < -0.3 is 9.80 Å². The summed E-state index contributed by atoms with van der Waals surface area (Å²) in [5, 5.41) is 3.10. The first-order chi connectivity index (χ1) is 13.2. The number of anilines is 1. The summed E-state index contributed by atoms with van der Waals surface area (Å²) in [6.45, 7) is 3.08. The van der Waals surface area contributed by atoms with Crippen LogP contribution >= 0.6 is 11.6 Å². The van der Waals surface area contributed by atoms with Crippen molar-refractivity contribution >= 4 is 34.1 Å². The highest BCUT2D eigenvalue weighted by Crippen LogP contribution is 2.18. The second kappa shape index (κ2) is 7.97. The highest BCUT2D eigenvalue weighted by molar-refractivity contribution is 6.30. The maximum atomic E-state index is 12.6. The van der Waals surface area contributed by atoms with E-state index in [1.165, 1.54) is 16.3 Å². The standard InChI is InChI=1S/C22H22ClN3O/c23-20-8-9-21(24-16-20)25-11-13-26(14-12-25)22(27)10-6-17-5-7-18-3-1-2-4-19(18)15-17/h1-5,7-9,15-16H,6,10-14H2. The number of piperazine rings is 1. The zero-order valence-electron chi connectivity index (χ0n) is 15.1. The summed E-state index contributed by atoms with van der Waals surface area (Å²) >= 11 is 5.90. The first-order valence-electron chi connectivity index (χ1n) is 9.31. The minimum Gasteiger partial charge on any atom is -0.353 e. The molecule has 0 spiro atoms. The number of hydrogen-bond donors (Lipinski definition) is 0. The average Bonchev–Trinajstić information content (AvgIpc) is 2.72. The van der Waals surface area contributed by atoms with Crippen LogP contribution in [0, 0.1) is 0 Å². The van der Waals surface area contributed by atoms with E-state index in [9.17, 15) is 4.79 Å². The number of carbonyl (C=O) groups is 1. The van der Waals surface area contributed by atoms with Crippen LogP contribution in [0.2, 0.25) is 5.02 Å². The van der Waals surface area contributed by atoms with E-state index in [1.54, 1.807) is 6.20 Å². The van der Waals surface area contributed by atoms with E-state index in [-0.39, 0.29) is 5.91 Å². The molecule has 1 saturated heterocycles. The Morgan fingerprint density at radius 1 is 0.963 bits per heavy atom. The number of nitrogens with zero attached hydrogens (tertiary/aromatic N) is 3. The summed E-state index contributed by atoms with van der Waals surface area (Å²) in [5.74, 6) is 1.15. The van der Waals surface area contributed by atoms with Gasteiger partial charge >= 0.3 is 0 Å². The topological polar surface area (TPSA) is 36.4 Å². The molecule has 2 heterocycles. The van der Waals surface area contributed by atoms with E-state index in [2.05, 4.69) is 40.2 Å². The van der Waals surface area contributed by atoms with Crippen molar-refractivity contribution in [2.45, 2.75) is 12.8 Å². The number of halogens is 1. The molecule has 0 atom stereocenters. The molecule has 0 aliphatic carbocycles. The molecule has 4 nitrogen and oxygen atoms in total. The van der Waals surface area contributed by atoms with Gasteiger partial charge in [0.2, 0.25) is 5.91 Å². The van der Waals surface area contributed by atoms with Crippen LogP contribution in [0.1, 0.15) is 12.0 Å². The van der Waals surface area contributed by atoms with E-state index in [0.717, 1.165) is 38.4 Å². The Bertz CT molecular complexity index is 934. The number of benzene rings is 2. The van der Waals surface area contributed by atoms with Crippen molar-refractivity contribution in [2.75, 3.05) is 31.1 Å². The van der Waals surface area contributed by atoms with Gasteiger partial charge in [-0.25, -0.2) is 4.98 Å². The van der Waals surface area contributed by atoms with Crippen molar-refractivity contribution in [1.29, 1.82) is 0 Å². The Morgan fingerprint density at radius 3 is 2.48 bits per heavy atom. The van der Waals surface area contributed by atoms with Crippen molar-refractivity contribution in [2.24, 2.45) is 0 Å². The van der Waals surface area contributed by atoms with Crippen LogP contribution in [0.15, 0.2) is 60.8 Å². The van der Waals surface area contributed by atoms with Crippen LogP contribution in [-0.2, 0) is 11.2 Å². The molecule has 5 heteroatoms. The fourth-order valence-corrected chi connectivity index (χ4v) is 3.66. The Labute approximate surface area is 164 Å². The molecule has 1 amide bonds. The maximum absolute atomic E-state index is 12.6. The van der Waals surface area contributed by atoms with Gasteiger partial charge in [-0.2, -0.15) is 0 Å². The fraction of sp³-hybridized carbons (Fsp3) is 0.273. The van der Waals surface area contributed by atoms with Crippen LogP contribution < -0.4 is 4.90 Å². The van der Waals surface area contributed by atoms with Crippen LogP contribution in [0.5, 0.6) is 0 Å². The third-order valence-corrected chi connectivity index (χ3v) is 5.33. The summed E-state index contributed by atoms with van der Waals surface area (Å²) in [6, 6.07) is 18.5. The lowest BCUT2D eigenvalue weighted by Gasteiger charge is -2.35. The van der Waals surface area contributed by atoms with Crippen molar-refractivity contribution in [1.82, 2.24) is 9.88 Å².